The Morgan fingerprint density at radius 2 is 2.32 bits per heavy atom. The lowest BCUT2D eigenvalue weighted by Gasteiger charge is -2.33. The number of hydrogen-bond acceptors (Lipinski definition) is 5. The quantitative estimate of drug-likeness (QED) is 0.753. The predicted molar refractivity (Wildman–Crippen MR) is 69.6 cm³/mol. The van der Waals surface area contributed by atoms with Crippen LogP contribution in [0.5, 0.6) is 0 Å². The minimum absolute atomic E-state index is 0.153. The molecule has 1 aromatic heterocycles. The van der Waals surface area contributed by atoms with Crippen molar-refractivity contribution in [3.05, 3.63) is 28.5 Å². The van der Waals surface area contributed by atoms with Crippen LogP contribution in [0.25, 0.3) is 0 Å². The Morgan fingerprint density at radius 3 is 3.00 bits per heavy atom. The summed E-state index contributed by atoms with van der Waals surface area (Å²) in [6, 6.07) is 0.962. The van der Waals surface area contributed by atoms with Gasteiger partial charge in [0, 0.05) is 23.4 Å². The van der Waals surface area contributed by atoms with Crippen LogP contribution < -0.4 is 0 Å². The van der Waals surface area contributed by atoms with Crippen LogP contribution in [0.3, 0.4) is 0 Å². The number of rotatable bonds is 2. The molecule has 1 amide bonds. The Kier molecular flexibility index (Phi) is 4.49. The molecule has 1 aliphatic rings. The average molecular weight is 329 g/mol. The highest BCUT2D eigenvalue weighted by Gasteiger charge is 2.34. The third-order valence-electron chi connectivity index (χ3n) is 2.81. The summed E-state index contributed by atoms with van der Waals surface area (Å²) in [6.07, 6.45) is 3.06. The monoisotopic (exact) mass is 328 g/mol. The van der Waals surface area contributed by atoms with Crippen molar-refractivity contribution in [1.82, 2.24) is 9.88 Å². The van der Waals surface area contributed by atoms with Gasteiger partial charge in [-0.2, -0.15) is 0 Å². The van der Waals surface area contributed by atoms with Gasteiger partial charge in [0.15, 0.2) is 6.04 Å². The fourth-order valence-electron chi connectivity index (χ4n) is 1.87. The van der Waals surface area contributed by atoms with Gasteiger partial charge in [-0.25, -0.2) is 4.79 Å². The van der Waals surface area contributed by atoms with E-state index in [2.05, 4.69) is 20.9 Å². The zero-order valence-electron chi connectivity index (χ0n) is 10.3. The van der Waals surface area contributed by atoms with Crippen molar-refractivity contribution in [3.63, 3.8) is 0 Å². The van der Waals surface area contributed by atoms with E-state index in [4.69, 9.17) is 9.47 Å². The van der Waals surface area contributed by atoms with E-state index in [1.807, 2.05) is 0 Å². The summed E-state index contributed by atoms with van der Waals surface area (Å²) in [5.41, 5.74) is 0.421. The van der Waals surface area contributed by atoms with E-state index in [1.54, 1.807) is 12.3 Å². The molecule has 6 nitrogen and oxygen atoms in total. The molecule has 0 spiro atoms. The molecule has 2 heterocycles. The van der Waals surface area contributed by atoms with Gasteiger partial charge in [0.1, 0.15) is 0 Å². The van der Waals surface area contributed by atoms with E-state index in [9.17, 15) is 9.59 Å². The van der Waals surface area contributed by atoms with Crippen LogP contribution in [0.1, 0.15) is 10.4 Å². The average Bonchev–Trinajstić information content (AvgIpc) is 2.45. The summed E-state index contributed by atoms with van der Waals surface area (Å²) < 4.78 is 10.6. The number of aromatic nitrogens is 1. The van der Waals surface area contributed by atoms with Gasteiger partial charge in [-0.1, -0.05) is 0 Å². The maximum Gasteiger partial charge on any atom is 0.331 e. The summed E-state index contributed by atoms with van der Waals surface area (Å²) in [5, 5.41) is 0. The van der Waals surface area contributed by atoms with Gasteiger partial charge < -0.3 is 14.4 Å². The minimum Gasteiger partial charge on any atom is -0.467 e. The van der Waals surface area contributed by atoms with E-state index in [0.29, 0.717) is 23.2 Å². The number of ether oxygens (including phenoxy) is 2. The topological polar surface area (TPSA) is 68.7 Å². The van der Waals surface area contributed by atoms with Crippen LogP contribution in [0.4, 0.5) is 0 Å². The highest BCUT2D eigenvalue weighted by Crippen LogP contribution is 2.16. The molecule has 1 aliphatic heterocycles. The lowest BCUT2D eigenvalue weighted by Crippen LogP contribution is -2.53. The number of methoxy groups -OCH3 is 1. The molecule has 1 aromatic rings. The molecule has 102 valence electrons. The number of halogens is 1. The summed E-state index contributed by atoms with van der Waals surface area (Å²) in [7, 11) is 1.29. The number of esters is 1. The molecule has 1 saturated heterocycles. The van der Waals surface area contributed by atoms with Crippen LogP contribution in [0.2, 0.25) is 0 Å². The fraction of sp³-hybridized carbons (Fsp3) is 0.417. The summed E-state index contributed by atoms with van der Waals surface area (Å²) in [4.78, 5) is 29.4. The van der Waals surface area contributed by atoms with Gasteiger partial charge >= 0.3 is 5.97 Å². The Labute approximate surface area is 118 Å². The minimum atomic E-state index is -0.703. The molecular weight excluding hydrogens is 316 g/mol. The van der Waals surface area contributed by atoms with Gasteiger partial charge in [0.05, 0.1) is 25.9 Å². The van der Waals surface area contributed by atoms with E-state index in [1.165, 1.54) is 18.2 Å². The number of carbonyl (C=O) groups is 2. The molecule has 7 heteroatoms. The van der Waals surface area contributed by atoms with Crippen LogP contribution in [-0.4, -0.2) is 54.7 Å². The van der Waals surface area contributed by atoms with Gasteiger partial charge in [0.25, 0.3) is 5.91 Å². The van der Waals surface area contributed by atoms with E-state index < -0.39 is 12.0 Å². The number of nitrogens with zero attached hydrogens (tertiary/aromatic N) is 2. The lowest BCUT2D eigenvalue weighted by atomic mass is 10.1. The molecular formula is C12H13BrN2O4. The Morgan fingerprint density at radius 1 is 1.53 bits per heavy atom. The molecule has 0 aromatic carbocycles. The predicted octanol–water partition coefficient (Wildman–Crippen LogP) is 0.858. The van der Waals surface area contributed by atoms with Crippen molar-refractivity contribution >= 4 is 27.8 Å². The molecule has 0 aliphatic carbocycles. The van der Waals surface area contributed by atoms with Gasteiger partial charge in [-0.05, 0) is 22.0 Å². The maximum atomic E-state index is 12.4. The first-order chi connectivity index (χ1) is 9.13. The third-order valence-corrected chi connectivity index (χ3v) is 3.25. The molecule has 19 heavy (non-hydrogen) atoms. The fourth-order valence-corrected chi connectivity index (χ4v) is 2.24. The molecule has 1 atom stereocenters. The largest absolute Gasteiger partial charge is 0.467 e. The highest BCUT2D eigenvalue weighted by molar-refractivity contribution is 9.10. The van der Waals surface area contributed by atoms with Crippen molar-refractivity contribution in [2.24, 2.45) is 0 Å². The van der Waals surface area contributed by atoms with Crippen molar-refractivity contribution in [1.29, 1.82) is 0 Å². The summed E-state index contributed by atoms with van der Waals surface area (Å²) >= 11 is 3.26. The van der Waals surface area contributed by atoms with Gasteiger partial charge in [-0.15, -0.1) is 0 Å². The Balaban J connectivity index is 2.22. The molecule has 2 rings (SSSR count). The van der Waals surface area contributed by atoms with Crippen LogP contribution >= 0.6 is 15.9 Å². The van der Waals surface area contributed by atoms with E-state index in [-0.39, 0.29) is 12.5 Å². The Hall–Kier alpha value is -1.47. The first-order valence-electron chi connectivity index (χ1n) is 5.70. The highest BCUT2D eigenvalue weighted by atomic mass is 79.9. The first kappa shape index (κ1) is 14.0. The van der Waals surface area contributed by atoms with Crippen molar-refractivity contribution < 1.29 is 19.1 Å². The van der Waals surface area contributed by atoms with Crippen LogP contribution in [-0.2, 0) is 14.3 Å². The second kappa shape index (κ2) is 6.12. The van der Waals surface area contributed by atoms with Crippen LogP contribution in [0, 0.1) is 0 Å². The summed E-state index contributed by atoms with van der Waals surface area (Å²) in [6.45, 7) is 0.908. The molecule has 0 saturated carbocycles. The zero-order chi connectivity index (χ0) is 13.8. The maximum absolute atomic E-state index is 12.4. The molecule has 0 radical (unpaired) electrons. The number of amides is 1. The van der Waals surface area contributed by atoms with E-state index >= 15 is 0 Å². The lowest BCUT2D eigenvalue weighted by molar-refractivity contribution is -0.151. The number of carbonyl (C=O) groups excluding carboxylic acids is 2. The van der Waals surface area contributed by atoms with Gasteiger partial charge in [0.2, 0.25) is 0 Å². The van der Waals surface area contributed by atoms with Crippen molar-refractivity contribution in [2.75, 3.05) is 26.9 Å². The van der Waals surface area contributed by atoms with E-state index in [0.717, 1.165) is 0 Å². The zero-order valence-corrected chi connectivity index (χ0v) is 11.9. The van der Waals surface area contributed by atoms with Crippen LogP contribution in [0.15, 0.2) is 22.9 Å². The smallest absolute Gasteiger partial charge is 0.331 e. The standard InChI is InChI=1S/C12H13BrN2O4/c1-18-12(17)10-7-19-3-2-15(10)11(16)8-4-9(13)6-14-5-8/h4-6,10H,2-3,7H2,1H3. The number of hydrogen-bond donors (Lipinski definition) is 0. The normalized spacial score (nSPS) is 19.1. The number of morpholine rings is 1. The van der Waals surface area contributed by atoms with Crippen molar-refractivity contribution in [3.8, 4) is 0 Å². The second-order valence-electron chi connectivity index (χ2n) is 4.00. The SMILES string of the molecule is COC(=O)C1COCCN1C(=O)c1cncc(Br)c1. The number of pyridine rings is 1. The third kappa shape index (κ3) is 3.10. The molecule has 0 bridgehead atoms. The molecule has 1 fully saturated rings. The summed E-state index contributed by atoms with van der Waals surface area (Å²) in [5.74, 6) is -0.733. The van der Waals surface area contributed by atoms with Gasteiger partial charge in [-0.3, -0.25) is 9.78 Å². The first-order valence-corrected chi connectivity index (χ1v) is 6.50. The molecule has 0 N–H and O–H groups in total. The second-order valence-corrected chi connectivity index (χ2v) is 4.92. The Bertz CT molecular complexity index is 494. The molecule has 1 unspecified atom stereocenters. The van der Waals surface area contributed by atoms with Crippen molar-refractivity contribution in [2.45, 2.75) is 6.04 Å².